The van der Waals surface area contributed by atoms with Gasteiger partial charge in [0, 0.05) is 17.6 Å². The molecule has 134 valence electrons. The van der Waals surface area contributed by atoms with E-state index in [0.29, 0.717) is 30.5 Å². The van der Waals surface area contributed by atoms with Crippen molar-refractivity contribution in [1.82, 2.24) is 14.7 Å². The molecule has 25 heavy (non-hydrogen) atoms. The van der Waals surface area contributed by atoms with Gasteiger partial charge in [-0.15, -0.1) is 0 Å². The molecule has 1 aliphatic rings. The highest BCUT2D eigenvalue weighted by Crippen LogP contribution is 2.16. The molecule has 2 N–H and O–H groups in total. The van der Waals surface area contributed by atoms with E-state index in [9.17, 15) is 9.90 Å². The van der Waals surface area contributed by atoms with E-state index in [1.165, 1.54) is 0 Å². The first-order valence-corrected chi connectivity index (χ1v) is 8.49. The van der Waals surface area contributed by atoms with Crippen molar-refractivity contribution in [2.45, 2.75) is 19.6 Å². The third-order valence-electron chi connectivity index (χ3n) is 3.89. The molecule has 1 saturated heterocycles. The Labute approximate surface area is 151 Å². The van der Waals surface area contributed by atoms with Crippen molar-refractivity contribution in [2.24, 2.45) is 0 Å². The number of aromatic nitrogens is 2. The minimum absolute atomic E-state index is 0.243. The van der Waals surface area contributed by atoms with Gasteiger partial charge in [0.25, 0.3) is 0 Å². The van der Waals surface area contributed by atoms with Gasteiger partial charge in [-0.1, -0.05) is 23.7 Å². The molecule has 0 bridgehead atoms. The fraction of sp³-hybridized carbons (Fsp3) is 0.412. The molecule has 1 aromatic heterocycles. The number of halogens is 1. The van der Waals surface area contributed by atoms with E-state index in [-0.39, 0.29) is 19.2 Å². The number of aliphatic hydroxyl groups excluding tert-OH is 1. The highest BCUT2D eigenvalue weighted by Gasteiger charge is 2.22. The Balaban J connectivity index is 1.73. The van der Waals surface area contributed by atoms with Crippen molar-refractivity contribution in [2.75, 3.05) is 31.6 Å². The lowest BCUT2D eigenvalue weighted by atomic mass is 10.2. The molecule has 0 unspecified atom stereocenters. The number of carbonyl (C=O) groups is 1. The molecule has 1 aliphatic heterocycles. The van der Waals surface area contributed by atoms with Gasteiger partial charge in [0.15, 0.2) is 0 Å². The van der Waals surface area contributed by atoms with E-state index in [1.807, 2.05) is 37.3 Å². The average Bonchev–Trinajstić information content (AvgIpc) is 2.76. The molecule has 2 heterocycles. The molecule has 1 atom stereocenters. The largest absolute Gasteiger partial charge is 0.389 e. The Kier molecular flexibility index (Phi) is 5.57. The molecule has 7 nitrogen and oxygen atoms in total. The Bertz CT molecular complexity index is 749. The molecule has 2 aromatic rings. The second-order valence-corrected chi connectivity index (χ2v) is 6.50. The minimum Gasteiger partial charge on any atom is -0.389 e. The zero-order valence-corrected chi connectivity index (χ0v) is 14.7. The van der Waals surface area contributed by atoms with Crippen molar-refractivity contribution in [1.29, 1.82) is 0 Å². The van der Waals surface area contributed by atoms with Gasteiger partial charge in [-0.05, 0) is 24.6 Å². The second kappa shape index (κ2) is 7.86. The van der Waals surface area contributed by atoms with Crippen molar-refractivity contribution in [3.05, 3.63) is 46.6 Å². The number of amides is 2. The normalized spacial score (nSPS) is 18.0. The van der Waals surface area contributed by atoms with Crippen LogP contribution in [0.3, 0.4) is 0 Å². The van der Waals surface area contributed by atoms with Gasteiger partial charge in [0.2, 0.25) is 0 Å². The summed E-state index contributed by atoms with van der Waals surface area (Å²) < 4.78 is 6.98. The first-order chi connectivity index (χ1) is 12.0. The first kappa shape index (κ1) is 17.7. The molecule has 0 spiro atoms. The van der Waals surface area contributed by atoms with Crippen LogP contribution in [0.25, 0.3) is 0 Å². The molecule has 1 fully saturated rings. The number of urea groups is 1. The molecule has 2 amide bonds. The molecule has 0 radical (unpaired) electrons. The van der Waals surface area contributed by atoms with E-state index >= 15 is 0 Å². The number of aryl methyl sites for hydroxylation is 1. The Morgan fingerprint density at radius 1 is 1.48 bits per heavy atom. The Hall–Kier alpha value is -2.09. The van der Waals surface area contributed by atoms with E-state index < -0.39 is 6.10 Å². The maximum atomic E-state index is 12.5. The summed E-state index contributed by atoms with van der Waals surface area (Å²) in [5.74, 6) is 0.599. The summed E-state index contributed by atoms with van der Waals surface area (Å²) in [5.41, 5.74) is 1.79. The summed E-state index contributed by atoms with van der Waals surface area (Å²) in [6, 6.07) is 9.05. The third-order valence-corrected chi connectivity index (χ3v) is 4.13. The summed E-state index contributed by atoms with van der Waals surface area (Å²) in [5, 5.41) is 17.7. The number of β-amino-alcohol motifs (C(OH)–C–C–N with tert-alkyl or cyclic N) is 1. The van der Waals surface area contributed by atoms with Crippen LogP contribution in [0, 0.1) is 6.92 Å². The number of hydrogen-bond donors (Lipinski definition) is 2. The van der Waals surface area contributed by atoms with Crippen molar-refractivity contribution < 1.29 is 14.6 Å². The summed E-state index contributed by atoms with van der Waals surface area (Å²) in [6.07, 6.45) is -0.675. The second-order valence-electron chi connectivity index (χ2n) is 6.06. The fourth-order valence-electron chi connectivity index (χ4n) is 2.74. The number of rotatable bonds is 3. The van der Waals surface area contributed by atoms with Gasteiger partial charge >= 0.3 is 6.03 Å². The van der Waals surface area contributed by atoms with Crippen LogP contribution < -0.4 is 5.32 Å². The number of anilines is 1. The van der Waals surface area contributed by atoms with Gasteiger partial charge in [-0.3, -0.25) is 5.32 Å². The highest BCUT2D eigenvalue weighted by molar-refractivity contribution is 6.30. The first-order valence-electron chi connectivity index (χ1n) is 8.12. The molecule has 0 aliphatic carbocycles. The van der Waals surface area contributed by atoms with Crippen LogP contribution in [0.2, 0.25) is 5.02 Å². The Morgan fingerprint density at radius 2 is 2.32 bits per heavy atom. The Morgan fingerprint density at radius 3 is 3.12 bits per heavy atom. The topological polar surface area (TPSA) is 79.6 Å². The van der Waals surface area contributed by atoms with Gasteiger partial charge in [-0.2, -0.15) is 5.10 Å². The SMILES string of the molecule is Cc1cc(NC(=O)N2CCOC[C@@H](O)C2)n(Cc2cccc(Cl)c2)n1. The van der Waals surface area contributed by atoms with Crippen molar-refractivity contribution in [3.63, 3.8) is 0 Å². The highest BCUT2D eigenvalue weighted by atomic mass is 35.5. The number of benzene rings is 1. The van der Waals surface area contributed by atoms with Gasteiger partial charge < -0.3 is 14.7 Å². The number of ether oxygens (including phenoxy) is 1. The quantitative estimate of drug-likeness (QED) is 0.874. The summed E-state index contributed by atoms with van der Waals surface area (Å²) >= 11 is 6.03. The smallest absolute Gasteiger partial charge is 0.323 e. The van der Waals surface area contributed by atoms with Crippen LogP contribution in [0.1, 0.15) is 11.3 Å². The predicted molar refractivity (Wildman–Crippen MR) is 94.9 cm³/mol. The average molecular weight is 365 g/mol. The number of carbonyl (C=O) groups excluding carboxylic acids is 1. The number of nitrogens with zero attached hydrogens (tertiary/aromatic N) is 3. The fourth-order valence-corrected chi connectivity index (χ4v) is 2.95. The van der Waals surface area contributed by atoms with Gasteiger partial charge in [0.05, 0.1) is 38.1 Å². The van der Waals surface area contributed by atoms with Crippen molar-refractivity contribution >= 4 is 23.4 Å². The van der Waals surface area contributed by atoms with Crippen LogP contribution in [0.5, 0.6) is 0 Å². The van der Waals surface area contributed by atoms with E-state index in [4.69, 9.17) is 16.3 Å². The molecular weight excluding hydrogens is 344 g/mol. The zero-order chi connectivity index (χ0) is 17.8. The van der Waals surface area contributed by atoms with Gasteiger partial charge in [0.1, 0.15) is 5.82 Å². The van der Waals surface area contributed by atoms with E-state index in [2.05, 4.69) is 10.4 Å². The minimum atomic E-state index is -0.675. The maximum absolute atomic E-state index is 12.5. The molecule has 1 aromatic carbocycles. The lowest BCUT2D eigenvalue weighted by Crippen LogP contribution is -2.40. The van der Waals surface area contributed by atoms with Crippen LogP contribution in [-0.4, -0.2) is 58.2 Å². The number of aliphatic hydroxyl groups is 1. The predicted octanol–water partition coefficient (Wildman–Crippen LogP) is 2.12. The lowest BCUT2D eigenvalue weighted by Gasteiger charge is -2.22. The summed E-state index contributed by atoms with van der Waals surface area (Å²) in [6.45, 7) is 3.70. The summed E-state index contributed by atoms with van der Waals surface area (Å²) in [7, 11) is 0. The van der Waals surface area contributed by atoms with E-state index in [1.54, 1.807) is 9.58 Å². The van der Waals surface area contributed by atoms with Crippen LogP contribution >= 0.6 is 11.6 Å². The van der Waals surface area contributed by atoms with Crippen LogP contribution in [-0.2, 0) is 11.3 Å². The van der Waals surface area contributed by atoms with Gasteiger partial charge in [-0.25, -0.2) is 9.48 Å². The zero-order valence-electron chi connectivity index (χ0n) is 14.0. The van der Waals surface area contributed by atoms with E-state index in [0.717, 1.165) is 11.3 Å². The summed E-state index contributed by atoms with van der Waals surface area (Å²) in [4.78, 5) is 14.1. The van der Waals surface area contributed by atoms with Crippen LogP contribution in [0.4, 0.5) is 10.6 Å². The molecule has 3 rings (SSSR count). The number of nitrogens with one attached hydrogen (secondary N) is 1. The monoisotopic (exact) mass is 364 g/mol. The maximum Gasteiger partial charge on any atom is 0.323 e. The van der Waals surface area contributed by atoms with Crippen molar-refractivity contribution in [3.8, 4) is 0 Å². The molecular formula is C17H21ClN4O3. The lowest BCUT2D eigenvalue weighted by molar-refractivity contribution is 0.0575. The molecule has 0 saturated carbocycles. The van der Waals surface area contributed by atoms with Crippen LogP contribution in [0.15, 0.2) is 30.3 Å². The standard InChI is InChI=1S/C17H21ClN4O3/c1-12-7-16(19-17(24)21-5-6-25-11-15(23)10-21)22(20-12)9-13-3-2-4-14(18)8-13/h2-4,7-8,15,23H,5-6,9-11H2,1H3,(H,19,24)/t15-/m0/s1. The number of hydrogen-bond acceptors (Lipinski definition) is 4. The molecule has 8 heteroatoms. The third kappa shape index (κ3) is 4.72.